The van der Waals surface area contributed by atoms with Crippen molar-refractivity contribution < 1.29 is 33.2 Å². The van der Waals surface area contributed by atoms with Gasteiger partial charge in [-0.25, -0.2) is 0 Å². The average molecular weight is 541 g/mol. The van der Waals surface area contributed by atoms with E-state index < -0.39 is 6.04 Å². The Morgan fingerprint density at radius 1 is 0.718 bits per heavy atom. The Morgan fingerprint density at radius 3 is 1.74 bits per heavy atom. The molecule has 1 saturated heterocycles. The first-order chi connectivity index (χ1) is 18.7. The molecule has 0 aliphatic carbocycles. The molecule has 0 amide bonds. The first-order valence-electron chi connectivity index (χ1n) is 13.4. The number of rotatable bonds is 7. The van der Waals surface area contributed by atoms with Crippen LogP contribution in [0.25, 0.3) is 0 Å². The fraction of sp³-hybridized carbons (Fsp3) is 0.567. The zero-order chi connectivity index (χ0) is 28.3. The maximum Gasteiger partial charge on any atom is 0.186 e. The first-order valence-corrected chi connectivity index (χ1v) is 13.4. The molecule has 3 aliphatic heterocycles. The van der Waals surface area contributed by atoms with Crippen LogP contribution < -0.4 is 28.4 Å². The summed E-state index contributed by atoms with van der Waals surface area (Å²) in [6.07, 6.45) is 1.56. The number of methoxy groups -OCH3 is 6. The van der Waals surface area contributed by atoms with Crippen molar-refractivity contribution in [3.63, 3.8) is 0 Å². The highest BCUT2D eigenvalue weighted by atomic mass is 16.5. The zero-order valence-corrected chi connectivity index (χ0v) is 24.7. The molecule has 2 bridgehead atoms. The molecule has 2 aromatic rings. The third-order valence-corrected chi connectivity index (χ3v) is 9.05. The number of piperazine rings is 1. The number of carbonyl (C=O) groups excluding carboxylic acids is 1. The van der Waals surface area contributed by atoms with Crippen LogP contribution in [0.15, 0.2) is 0 Å². The third kappa shape index (κ3) is 3.55. The molecule has 0 saturated carbocycles. The summed E-state index contributed by atoms with van der Waals surface area (Å²) in [5.74, 6) is 3.83. The normalized spacial score (nSPS) is 23.9. The number of hydrogen-bond donors (Lipinski definition) is 0. The number of carbonyl (C=O) groups is 1. The third-order valence-electron chi connectivity index (χ3n) is 9.05. The fourth-order valence-electron chi connectivity index (χ4n) is 7.50. The topological polar surface area (TPSA) is 78.9 Å². The van der Waals surface area contributed by atoms with Crippen LogP contribution in [0.4, 0.5) is 0 Å². The van der Waals surface area contributed by atoms with E-state index in [1.807, 2.05) is 13.8 Å². The van der Waals surface area contributed by atoms with Crippen LogP contribution in [0.3, 0.4) is 0 Å². The number of benzene rings is 2. The Kier molecular flexibility index (Phi) is 7.09. The Morgan fingerprint density at radius 2 is 1.23 bits per heavy atom. The van der Waals surface area contributed by atoms with Gasteiger partial charge in [0.2, 0.25) is 0 Å². The summed E-state index contributed by atoms with van der Waals surface area (Å²) in [6.45, 7) is 6.77. The number of hydrogen-bond acceptors (Lipinski definition) is 9. The summed E-state index contributed by atoms with van der Waals surface area (Å²) in [5.41, 5.74) is 5.10. The quantitative estimate of drug-likeness (QED) is 0.511. The smallest absolute Gasteiger partial charge is 0.186 e. The van der Waals surface area contributed by atoms with E-state index in [0.29, 0.717) is 34.3 Å². The van der Waals surface area contributed by atoms with Gasteiger partial charge in [-0.3, -0.25) is 14.6 Å². The van der Waals surface area contributed by atoms with E-state index >= 15 is 0 Å². The molecular formula is C30H40N2O7. The number of likely N-dealkylation sites (N-methyl/N-ethyl adjacent to an activating group) is 1. The lowest BCUT2D eigenvalue weighted by Crippen LogP contribution is -2.65. The van der Waals surface area contributed by atoms with Gasteiger partial charge in [-0.15, -0.1) is 0 Å². The van der Waals surface area contributed by atoms with E-state index in [1.54, 1.807) is 42.7 Å². The highest BCUT2D eigenvalue weighted by Gasteiger charge is 2.56. The van der Waals surface area contributed by atoms with Gasteiger partial charge in [-0.05, 0) is 33.7 Å². The minimum Gasteiger partial charge on any atom is -0.496 e. The van der Waals surface area contributed by atoms with Crippen molar-refractivity contribution >= 4 is 5.78 Å². The second kappa shape index (κ2) is 10.1. The van der Waals surface area contributed by atoms with Gasteiger partial charge in [0.15, 0.2) is 28.8 Å². The van der Waals surface area contributed by atoms with Crippen molar-refractivity contribution in [2.24, 2.45) is 0 Å². The Hall–Kier alpha value is -3.17. The molecule has 0 spiro atoms. The van der Waals surface area contributed by atoms with E-state index in [1.165, 1.54) is 0 Å². The van der Waals surface area contributed by atoms with Gasteiger partial charge in [0.25, 0.3) is 0 Å². The standard InChI is InChI=1S/C30H40N2O7/c1-11-18-20-21(26(35-6)15(3)28(37-8)30(20)39-10)24(33)23-22-19-17(12-16(31(22)4)13-32(18)23)25(34-5)14(2)27(36-7)29(19)38-9/h16,18,22-23H,11-13H2,1-10H3/t16-,18-,22+,23?/m0/s1. The average Bonchev–Trinajstić information content (AvgIpc) is 2.92. The van der Waals surface area contributed by atoms with Crippen LogP contribution in [-0.2, 0) is 6.42 Å². The summed E-state index contributed by atoms with van der Waals surface area (Å²) in [6, 6.07) is -0.644. The summed E-state index contributed by atoms with van der Waals surface area (Å²) >= 11 is 0. The number of ketones is 1. The Balaban J connectivity index is 1.84. The van der Waals surface area contributed by atoms with Crippen molar-refractivity contribution in [2.45, 2.75) is 57.8 Å². The van der Waals surface area contributed by atoms with E-state index in [-0.39, 0.29) is 23.9 Å². The van der Waals surface area contributed by atoms with Gasteiger partial charge in [0.05, 0.1) is 60.3 Å². The molecule has 212 valence electrons. The van der Waals surface area contributed by atoms with Crippen molar-refractivity contribution in [3.05, 3.63) is 33.4 Å². The Bertz CT molecular complexity index is 1320. The molecule has 9 nitrogen and oxygen atoms in total. The molecule has 0 radical (unpaired) electrons. The number of ether oxygens (including phenoxy) is 6. The minimum absolute atomic E-state index is 0.000634. The Labute approximate surface area is 230 Å². The van der Waals surface area contributed by atoms with E-state index in [4.69, 9.17) is 28.4 Å². The maximum atomic E-state index is 14.8. The van der Waals surface area contributed by atoms with E-state index in [0.717, 1.165) is 53.0 Å². The van der Waals surface area contributed by atoms with Gasteiger partial charge in [0, 0.05) is 46.4 Å². The molecular weight excluding hydrogens is 500 g/mol. The van der Waals surface area contributed by atoms with Gasteiger partial charge >= 0.3 is 0 Å². The van der Waals surface area contributed by atoms with E-state index in [2.05, 4.69) is 23.8 Å². The van der Waals surface area contributed by atoms with Crippen LogP contribution in [0.5, 0.6) is 34.5 Å². The van der Waals surface area contributed by atoms with Crippen LogP contribution in [-0.4, -0.2) is 83.9 Å². The predicted octanol–water partition coefficient (Wildman–Crippen LogP) is 4.28. The second-order valence-electron chi connectivity index (χ2n) is 10.5. The van der Waals surface area contributed by atoms with Crippen molar-refractivity contribution in [2.75, 3.05) is 56.3 Å². The van der Waals surface area contributed by atoms with Crippen LogP contribution in [0.1, 0.15) is 63.6 Å². The van der Waals surface area contributed by atoms with Gasteiger partial charge in [0.1, 0.15) is 11.5 Å². The lowest BCUT2D eigenvalue weighted by molar-refractivity contribution is -0.0370. The lowest BCUT2D eigenvalue weighted by atomic mass is 9.72. The summed E-state index contributed by atoms with van der Waals surface area (Å²) in [4.78, 5) is 19.5. The van der Waals surface area contributed by atoms with E-state index in [9.17, 15) is 4.79 Å². The molecule has 4 atom stereocenters. The first kappa shape index (κ1) is 27.4. The maximum absolute atomic E-state index is 14.8. The van der Waals surface area contributed by atoms with Gasteiger partial charge < -0.3 is 28.4 Å². The van der Waals surface area contributed by atoms with Crippen molar-refractivity contribution in [3.8, 4) is 34.5 Å². The molecule has 39 heavy (non-hydrogen) atoms. The lowest BCUT2D eigenvalue weighted by Gasteiger charge is -2.57. The molecule has 9 heteroatoms. The fourth-order valence-corrected chi connectivity index (χ4v) is 7.50. The van der Waals surface area contributed by atoms with Crippen LogP contribution >= 0.6 is 0 Å². The van der Waals surface area contributed by atoms with Crippen LogP contribution in [0.2, 0.25) is 0 Å². The molecule has 3 aliphatic rings. The number of Topliss-reactive ketones (excluding diaryl/α,β-unsaturated/α-hetero) is 1. The summed E-state index contributed by atoms with van der Waals surface area (Å²) < 4.78 is 35.4. The van der Waals surface area contributed by atoms with Gasteiger partial charge in [-0.2, -0.15) is 0 Å². The molecule has 1 fully saturated rings. The highest BCUT2D eigenvalue weighted by molar-refractivity contribution is 6.07. The van der Waals surface area contributed by atoms with Crippen LogP contribution in [0, 0.1) is 13.8 Å². The molecule has 2 aromatic carbocycles. The molecule has 0 aromatic heterocycles. The molecule has 1 unspecified atom stereocenters. The number of fused-ring (bicyclic) bond motifs is 7. The SMILES string of the molecule is CC[C@H]1c2c(OC)c(OC)c(C)c(OC)c2C(=O)C2[C@H]3c4c(c(OC)c(C)c(OC)c4OC)C[C@@H](CN21)N3C. The molecule has 0 N–H and O–H groups in total. The largest absolute Gasteiger partial charge is 0.496 e. The molecule has 3 heterocycles. The monoisotopic (exact) mass is 540 g/mol. The number of nitrogens with zero attached hydrogens (tertiary/aromatic N) is 2. The predicted molar refractivity (Wildman–Crippen MR) is 148 cm³/mol. The second-order valence-corrected chi connectivity index (χ2v) is 10.5. The zero-order valence-electron chi connectivity index (χ0n) is 24.7. The molecule has 5 rings (SSSR count). The minimum atomic E-state index is -0.472. The summed E-state index contributed by atoms with van der Waals surface area (Å²) in [5, 5.41) is 0. The highest BCUT2D eigenvalue weighted by Crippen LogP contribution is 2.58. The van der Waals surface area contributed by atoms with Crippen molar-refractivity contribution in [1.82, 2.24) is 9.80 Å². The van der Waals surface area contributed by atoms with Gasteiger partial charge in [-0.1, -0.05) is 6.92 Å². The van der Waals surface area contributed by atoms with Crippen molar-refractivity contribution in [1.29, 1.82) is 0 Å². The summed E-state index contributed by atoms with van der Waals surface area (Å²) in [7, 11) is 12.0.